The molecule has 110 valence electrons. The summed E-state index contributed by atoms with van der Waals surface area (Å²) in [7, 11) is 0. The number of hydrogen-bond donors (Lipinski definition) is 6. The van der Waals surface area contributed by atoms with Crippen LogP contribution in [0.15, 0.2) is 36.4 Å². The molecule has 7 heteroatoms. The van der Waals surface area contributed by atoms with Crippen LogP contribution >= 0.6 is 0 Å². The van der Waals surface area contributed by atoms with Crippen LogP contribution < -0.4 is 5.32 Å². The number of benzene rings is 2. The van der Waals surface area contributed by atoms with E-state index in [1.807, 2.05) is 0 Å². The third kappa shape index (κ3) is 3.15. The maximum atomic E-state index is 11.9. The standard InChI is InChI=1S/C14H13NO6/c16-9-3-1-7(5-11(9)18)13(20)14(21)15-8-2-4-10(17)12(19)6-8/h1-6,13,16-20H,(H,15,21). The fraction of sp³-hybridized carbons (Fsp3) is 0.0714. The minimum absolute atomic E-state index is 0.0887. The molecule has 0 spiro atoms. The van der Waals surface area contributed by atoms with Crippen molar-refractivity contribution in [3.8, 4) is 23.0 Å². The minimum atomic E-state index is -1.58. The summed E-state index contributed by atoms with van der Waals surface area (Å²) in [5.74, 6) is -2.37. The molecule has 2 aromatic carbocycles. The second-order valence-corrected chi connectivity index (χ2v) is 4.34. The Morgan fingerprint density at radius 3 is 2.00 bits per heavy atom. The molecule has 0 bridgehead atoms. The van der Waals surface area contributed by atoms with Gasteiger partial charge in [-0.1, -0.05) is 6.07 Å². The number of carbonyl (C=O) groups is 1. The summed E-state index contributed by atoms with van der Waals surface area (Å²) in [6.07, 6.45) is -1.58. The highest BCUT2D eigenvalue weighted by Crippen LogP contribution is 2.30. The third-order valence-electron chi connectivity index (χ3n) is 2.81. The molecular weight excluding hydrogens is 278 g/mol. The molecule has 0 aliphatic rings. The van der Waals surface area contributed by atoms with E-state index in [4.69, 9.17) is 5.11 Å². The molecule has 0 saturated heterocycles. The number of aliphatic hydroxyl groups is 1. The lowest BCUT2D eigenvalue weighted by Crippen LogP contribution is -2.20. The molecule has 7 nitrogen and oxygen atoms in total. The molecule has 21 heavy (non-hydrogen) atoms. The molecule has 6 N–H and O–H groups in total. The van der Waals surface area contributed by atoms with Gasteiger partial charge in [0.15, 0.2) is 29.1 Å². The molecule has 0 radical (unpaired) electrons. The topological polar surface area (TPSA) is 130 Å². The summed E-state index contributed by atoms with van der Waals surface area (Å²) in [4.78, 5) is 11.9. The minimum Gasteiger partial charge on any atom is -0.504 e. The number of phenolic OH excluding ortho intramolecular Hbond substituents is 4. The fourth-order valence-electron chi connectivity index (χ4n) is 1.67. The summed E-state index contributed by atoms with van der Waals surface area (Å²) in [5, 5.41) is 49.2. The highest BCUT2D eigenvalue weighted by molar-refractivity contribution is 5.95. The van der Waals surface area contributed by atoms with Crippen LogP contribution in [0, 0.1) is 0 Å². The van der Waals surface area contributed by atoms with Crippen molar-refractivity contribution in [2.24, 2.45) is 0 Å². The lowest BCUT2D eigenvalue weighted by Gasteiger charge is -2.12. The van der Waals surface area contributed by atoms with Gasteiger partial charge in [0.2, 0.25) is 0 Å². The van der Waals surface area contributed by atoms with Crippen molar-refractivity contribution in [1.82, 2.24) is 0 Å². The van der Waals surface area contributed by atoms with Gasteiger partial charge in [0.1, 0.15) is 0 Å². The van der Waals surface area contributed by atoms with Crippen LogP contribution in [0.1, 0.15) is 11.7 Å². The van der Waals surface area contributed by atoms with Crippen molar-refractivity contribution >= 4 is 11.6 Å². The second kappa shape index (κ2) is 5.59. The zero-order valence-corrected chi connectivity index (χ0v) is 10.7. The lowest BCUT2D eigenvalue weighted by molar-refractivity contribution is -0.124. The maximum Gasteiger partial charge on any atom is 0.257 e. The Labute approximate surface area is 119 Å². The summed E-state index contributed by atoms with van der Waals surface area (Å²) in [5.41, 5.74) is 0.267. The first-order valence-electron chi connectivity index (χ1n) is 5.91. The molecule has 0 aromatic heterocycles. The molecule has 1 amide bonds. The normalized spacial score (nSPS) is 11.9. The number of aliphatic hydroxyl groups excluding tert-OH is 1. The summed E-state index contributed by atoms with van der Waals surface area (Å²) in [6, 6.07) is 7.14. The zero-order valence-electron chi connectivity index (χ0n) is 10.7. The van der Waals surface area contributed by atoms with Gasteiger partial charge in [0.05, 0.1) is 0 Å². The van der Waals surface area contributed by atoms with Crippen LogP contribution in [0.25, 0.3) is 0 Å². The van der Waals surface area contributed by atoms with Gasteiger partial charge >= 0.3 is 0 Å². The van der Waals surface area contributed by atoms with Gasteiger partial charge in [-0.05, 0) is 29.8 Å². The molecule has 0 saturated carbocycles. The Kier molecular flexibility index (Phi) is 3.86. The van der Waals surface area contributed by atoms with Crippen molar-refractivity contribution in [3.05, 3.63) is 42.0 Å². The van der Waals surface area contributed by atoms with Gasteiger partial charge in [-0.25, -0.2) is 0 Å². The van der Waals surface area contributed by atoms with Gasteiger partial charge in [-0.2, -0.15) is 0 Å². The van der Waals surface area contributed by atoms with E-state index in [1.54, 1.807) is 0 Å². The highest BCUT2D eigenvalue weighted by atomic mass is 16.3. The van der Waals surface area contributed by atoms with E-state index in [-0.39, 0.29) is 22.7 Å². The molecular formula is C14H13NO6. The van der Waals surface area contributed by atoms with Crippen molar-refractivity contribution in [2.45, 2.75) is 6.10 Å². The first-order valence-corrected chi connectivity index (χ1v) is 5.91. The number of hydrogen-bond acceptors (Lipinski definition) is 6. The number of rotatable bonds is 3. The summed E-state index contributed by atoms with van der Waals surface area (Å²) in [6.45, 7) is 0. The average Bonchev–Trinajstić information content (AvgIpc) is 2.45. The van der Waals surface area contributed by atoms with Gasteiger partial charge in [-0.15, -0.1) is 0 Å². The van der Waals surface area contributed by atoms with E-state index in [2.05, 4.69) is 5.32 Å². The predicted molar refractivity (Wildman–Crippen MR) is 73.1 cm³/mol. The number of carbonyl (C=O) groups excluding carboxylic acids is 1. The molecule has 0 heterocycles. The number of nitrogens with one attached hydrogen (secondary N) is 1. The highest BCUT2D eigenvalue weighted by Gasteiger charge is 2.19. The first-order chi connectivity index (χ1) is 9.88. The Morgan fingerprint density at radius 2 is 1.43 bits per heavy atom. The molecule has 1 unspecified atom stereocenters. The lowest BCUT2D eigenvalue weighted by atomic mass is 10.1. The average molecular weight is 291 g/mol. The second-order valence-electron chi connectivity index (χ2n) is 4.34. The molecule has 2 aromatic rings. The van der Waals surface area contributed by atoms with Gasteiger partial charge in [-0.3, -0.25) is 4.79 Å². The van der Waals surface area contributed by atoms with Crippen molar-refractivity contribution in [3.63, 3.8) is 0 Å². The molecule has 0 aliphatic carbocycles. The van der Waals surface area contributed by atoms with E-state index in [9.17, 15) is 25.2 Å². The van der Waals surface area contributed by atoms with Crippen LogP contribution in [0.3, 0.4) is 0 Å². The van der Waals surface area contributed by atoms with Gasteiger partial charge in [0, 0.05) is 11.8 Å². The molecule has 1 atom stereocenters. The van der Waals surface area contributed by atoms with Crippen molar-refractivity contribution < 1.29 is 30.3 Å². The van der Waals surface area contributed by atoms with Crippen molar-refractivity contribution in [2.75, 3.05) is 5.32 Å². The summed E-state index contributed by atoms with van der Waals surface area (Å²) >= 11 is 0. The first kappa shape index (κ1) is 14.5. The van der Waals surface area contributed by atoms with E-state index in [1.165, 1.54) is 18.2 Å². The van der Waals surface area contributed by atoms with Crippen LogP contribution in [-0.4, -0.2) is 31.4 Å². The zero-order chi connectivity index (χ0) is 15.6. The largest absolute Gasteiger partial charge is 0.504 e. The van der Waals surface area contributed by atoms with Gasteiger partial charge in [0.25, 0.3) is 5.91 Å². The van der Waals surface area contributed by atoms with Crippen molar-refractivity contribution in [1.29, 1.82) is 0 Å². The number of aromatic hydroxyl groups is 4. The number of phenols is 4. The maximum absolute atomic E-state index is 11.9. The van der Waals surface area contributed by atoms with E-state index < -0.39 is 23.5 Å². The quantitative estimate of drug-likeness (QED) is 0.372. The van der Waals surface area contributed by atoms with Crippen LogP contribution in [0.4, 0.5) is 5.69 Å². The predicted octanol–water partition coefficient (Wildman–Crippen LogP) is 1.18. The van der Waals surface area contributed by atoms with Crippen LogP contribution in [0.5, 0.6) is 23.0 Å². The Bertz CT molecular complexity index is 685. The SMILES string of the molecule is O=C(Nc1ccc(O)c(O)c1)C(O)c1ccc(O)c(O)c1. The molecule has 0 fully saturated rings. The van der Waals surface area contributed by atoms with E-state index >= 15 is 0 Å². The van der Waals surface area contributed by atoms with Crippen LogP contribution in [0.2, 0.25) is 0 Å². The number of anilines is 1. The Hall–Kier alpha value is -2.93. The monoisotopic (exact) mass is 291 g/mol. The smallest absolute Gasteiger partial charge is 0.257 e. The van der Waals surface area contributed by atoms with Gasteiger partial charge < -0.3 is 30.8 Å². The Morgan fingerprint density at radius 1 is 0.857 bits per heavy atom. The van der Waals surface area contributed by atoms with Crippen LogP contribution in [-0.2, 0) is 4.79 Å². The summed E-state index contributed by atoms with van der Waals surface area (Å²) < 4.78 is 0. The number of amides is 1. The third-order valence-corrected chi connectivity index (χ3v) is 2.81. The van der Waals surface area contributed by atoms with E-state index in [0.717, 1.165) is 18.2 Å². The Balaban J connectivity index is 2.15. The van der Waals surface area contributed by atoms with E-state index in [0.29, 0.717) is 0 Å². The molecule has 0 aliphatic heterocycles. The molecule has 2 rings (SSSR count). The fourth-order valence-corrected chi connectivity index (χ4v) is 1.67.